The van der Waals surface area contributed by atoms with Gasteiger partial charge in [-0.2, -0.15) is 0 Å². The van der Waals surface area contributed by atoms with Crippen LogP contribution in [0, 0.1) is 0 Å². The number of hydrogen-bond acceptors (Lipinski definition) is 5. The maximum absolute atomic E-state index is 12.0. The number of benzene rings is 1. The largest absolute Gasteiger partial charge is 0.497 e. The average molecular weight is 432 g/mol. The molecule has 2 fully saturated rings. The zero-order chi connectivity index (χ0) is 22.1. The van der Waals surface area contributed by atoms with Crippen LogP contribution in [0.5, 0.6) is 5.75 Å². The minimum Gasteiger partial charge on any atom is -0.497 e. The summed E-state index contributed by atoms with van der Waals surface area (Å²) in [6.45, 7) is 10.3. The zero-order valence-corrected chi connectivity index (χ0v) is 19.1. The summed E-state index contributed by atoms with van der Waals surface area (Å²) < 4.78 is 10.9. The molecule has 0 saturated carbocycles. The molecule has 8 heteroatoms. The summed E-state index contributed by atoms with van der Waals surface area (Å²) in [5.41, 5.74) is 1.22. The second-order valence-corrected chi connectivity index (χ2v) is 7.98. The first-order chi connectivity index (χ1) is 15.1. The molecule has 1 aromatic carbocycles. The summed E-state index contributed by atoms with van der Waals surface area (Å²) in [7, 11) is 1.69. The second kappa shape index (κ2) is 11.9. The maximum Gasteiger partial charge on any atom is 0.222 e. The molecule has 0 aliphatic carbocycles. The Morgan fingerprint density at radius 2 is 1.97 bits per heavy atom. The average Bonchev–Trinajstić information content (AvgIpc) is 3.28. The van der Waals surface area contributed by atoms with E-state index in [0.29, 0.717) is 13.0 Å². The van der Waals surface area contributed by atoms with E-state index in [1.54, 1.807) is 7.11 Å². The van der Waals surface area contributed by atoms with Gasteiger partial charge in [-0.25, -0.2) is 0 Å². The Bertz CT molecular complexity index is 718. The molecule has 2 atom stereocenters. The van der Waals surface area contributed by atoms with Crippen LogP contribution >= 0.6 is 0 Å². The molecule has 2 saturated heterocycles. The minimum absolute atomic E-state index is 0.173. The van der Waals surface area contributed by atoms with Gasteiger partial charge in [-0.3, -0.25) is 14.7 Å². The summed E-state index contributed by atoms with van der Waals surface area (Å²) in [6, 6.07) is 8.67. The van der Waals surface area contributed by atoms with E-state index in [9.17, 15) is 4.79 Å². The number of ether oxygens (including phenoxy) is 2. The van der Waals surface area contributed by atoms with Gasteiger partial charge in [0.2, 0.25) is 5.91 Å². The molecule has 3 rings (SSSR count). The lowest BCUT2D eigenvalue weighted by atomic mass is 10.0. The SMILES string of the molecule is CCNC(=NCC(c1ccc(OC)cc1)N1CCOCC1)NC1CCN(C(=O)CC)C1. The van der Waals surface area contributed by atoms with Gasteiger partial charge in [0.25, 0.3) is 0 Å². The lowest BCUT2D eigenvalue weighted by molar-refractivity contribution is -0.129. The molecule has 172 valence electrons. The van der Waals surface area contributed by atoms with E-state index in [-0.39, 0.29) is 18.0 Å². The van der Waals surface area contributed by atoms with Crippen molar-refractivity contribution in [3.05, 3.63) is 29.8 Å². The van der Waals surface area contributed by atoms with Crippen LogP contribution in [-0.4, -0.2) is 87.3 Å². The van der Waals surface area contributed by atoms with Gasteiger partial charge in [-0.1, -0.05) is 19.1 Å². The summed E-state index contributed by atoms with van der Waals surface area (Å²) in [5, 5.41) is 6.90. The number of nitrogens with zero attached hydrogens (tertiary/aromatic N) is 3. The van der Waals surface area contributed by atoms with E-state index in [1.165, 1.54) is 5.56 Å². The first-order valence-electron chi connectivity index (χ1n) is 11.4. The minimum atomic E-state index is 0.173. The number of rotatable bonds is 8. The molecule has 2 unspecified atom stereocenters. The van der Waals surface area contributed by atoms with Crippen molar-refractivity contribution in [1.82, 2.24) is 20.4 Å². The second-order valence-electron chi connectivity index (χ2n) is 7.98. The van der Waals surface area contributed by atoms with Crippen molar-refractivity contribution in [2.45, 2.75) is 38.8 Å². The highest BCUT2D eigenvalue weighted by atomic mass is 16.5. The Labute approximate surface area is 186 Å². The molecule has 2 aliphatic rings. The molecule has 2 N–H and O–H groups in total. The van der Waals surface area contributed by atoms with Gasteiger partial charge in [0.15, 0.2) is 5.96 Å². The van der Waals surface area contributed by atoms with Crippen molar-refractivity contribution >= 4 is 11.9 Å². The number of aliphatic imine (C=N–C) groups is 1. The van der Waals surface area contributed by atoms with E-state index >= 15 is 0 Å². The number of likely N-dealkylation sites (tertiary alicyclic amines) is 1. The van der Waals surface area contributed by atoms with Gasteiger partial charge in [0, 0.05) is 45.2 Å². The predicted octanol–water partition coefficient (Wildman–Crippen LogP) is 1.63. The van der Waals surface area contributed by atoms with E-state index in [0.717, 1.165) is 64.1 Å². The van der Waals surface area contributed by atoms with Gasteiger partial charge >= 0.3 is 0 Å². The Kier molecular flexibility index (Phi) is 8.97. The topological polar surface area (TPSA) is 78.4 Å². The monoisotopic (exact) mass is 431 g/mol. The number of morpholine rings is 1. The number of carbonyl (C=O) groups is 1. The van der Waals surface area contributed by atoms with E-state index in [4.69, 9.17) is 14.5 Å². The first-order valence-corrected chi connectivity index (χ1v) is 11.4. The van der Waals surface area contributed by atoms with Crippen molar-refractivity contribution in [3.63, 3.8) is 0 Å². The van der Waals surface area contributed by atoms with E-state index in [1.807, 2.05) is 24.0 Å². The van der Waals surface area contributed by atoms with Crippen molar-refractivity contribution in [1.29, 1.82) is 0 Å². The number of methoxy groups -OCH3 is 1. The lowest BCUT2D eigenvalue weighted by Crippen LogP contribution is -2.46. The Morgan fingerprint density at radius 1 is 1.23 bits per heavy atom. The van der Waals surface area contributed by atoms with Crippen LogP contribution in [0.25, 0.3) is 0 Å². The van der Waals surface area contributed by atoms with Crippen LogP contribution in [-0.2, 0) is 9.53 Å². The van der Waals surface area contributed by atoms with Crippen molar-refractivity contribution in [2.24, 2.45) is 4.99 Å². The molecular formula is C23H37N5O3. The van der Waals surface area contributed by atoms with E-state index in [2.05, 4.69) is 34.6 Å². The van der Waals surface area contributed by atoms with Gasteiger partial charge in [-0.15, -0.1) is 0 Å². The Morgan fingerprint density at radius 3 is 2.61 bits per heavy atom. The van der Waals surface area contributed by atoms with Crippen LogP contribution < -0.4 is 15.4 Å². The molecule has 1 aromatic rings. The molecule has 0 bridgehead atoms. The number of nitrogens with one attached hydrogen (secondary N) is 2. The fourth-order valence-electron chi connectivity index (χ4n) is 4.17. The summed E-state index contributed by atoms with van der Waals surface area (Å²) in [4.78, 5) is 21.3. The van der Waals surface area contributed by atoms with Crippen molar-refractivity contribution < 1.29 is 14.3 Å². The lowest BCUT2D eigenvalue weighted by Gasteiger charge is -2.34. The fraction of sp³-hybridized carbons (Fsp3) is 0.652. The van der Waals surface area contributed by atoms with Gasteiger partial charge in [0.1, 0.15) is 5.75 Å². The number of carbonyl (C=O) groups excluding carboxylic acids is 1. The molecule has 0 radical (unpaired) electrons. The molecule has 2 heterocycles. The molecular weight excluding hydrogens is 394 g/mol. The van der Waals surface area contributed by atoms with Crippen molar-refractivity contribution in [2.75, 3.05) is 59.6 Å². The fourth-order valence-corrected chi connectivity index (χ4v) is 4.17. The van der Waals surface area contributed by atoms with Gasteiger partial charge in [-0.05, 0) is 31.0 Å². The normalized spacial score (nSPS) is 21.1. The highest BCUT2D eigenvalue weighted by Gasteiger charge is 2.26. The zero-order valence-electron chi connectivity index (χ0n) is 19.1. The third-order valence-corrected chi connectivity index (χ3v) is 5.94. The van der Waals surface area contributed by atoms with Crippen LogP contribution in [0.1, 0.15) is 38.3 Å². The summed E-state index contributed by atoms with van der Waals surface area (Å²) >= 11 is 0. The van der Waals surface area contributed by atoms with Crippen LogP contribution in [0.15, 0.2) is 29.3 Å². The number of guanidine groups is 1. The standard InChI is InChI=1S/C23H37N5O3/c1-4-22(29)28-11-10-19(17-28)26-23(24-5-2)25-16-21(27-12-14-31-15-13-27)18-6-8-20(30-3)9-7-18/h6-9,19,21H,4-5,10-17H2,1-3H3,(H2,24,25,26). The van der Waals surface area contributed by atoms with Crippen LogP contribution in [0.2, 0.25) is 0 Å². The van der Waals surface area contributed by atoms with E-state index < -0.39 is 0 Å². The Balaban J connectivity index is 1.70. The van der Waals surface area contributed by atoms with Gasteiger partial charge in [0.05, 0.1) is 32.9 Å². The third-order valence-electron chi connectivity index (χ3n) is 5.94. The smallest absolute Gasteiger partial charge is 0.222 e. The van der Waals surface area contributed by atoms with Gasteiger partial charge < -0.3 is 25.0 Å². The maximum atomic E-state index is 12.0. The molecule has 0 spiro atoms. The molecule has 31 heavy (non-hydrogen) atoms. The highest BCUT2D eigenvalue weighted by molar-refractivity contribution is 5.80. The number of hydrogen-bond donors (Lipinski definition) is 2. The first kappa shape index (κ1) is 23.3. The summed E-state index contributed by atoms with van der Waals surface area (Å²) in [6.07, 6.45) is 1.51. The molecule has 1 amide bonds. The molecule has 8 nitrogen and oxygen atoms in total. The predicted molar refractivity (Wildman–Crippen MR) is 123 cm³/mol. The highest BCUT2D eigenvalue weighted by Crippen LogP contribution is 2.24. The molecule has 2 aliphatic heterocycles. The van der Waals surface area contributed by atoms with Crippen LogP contribution in [0.3, 0.4) is 0 Å². The van der Waals surface area contributed by atoms with Crippen molar-refractivity contribution in [3.8, 4) is 5.75 Å². The molecule has 0 aromatic heterocycles. The quantitative estimate of drug-likeness (QED) is 0.481. The summed E-state index contributed by atoms with van der Waals surface area (Å²) in [5.74, 6) is 1.89. The number of amides is 1. The third kappa shape index (κ3) is 6.58. The Hall–Kier alpha value is -2.32. The van der Waals surface area contributed by atoms with Crippen LogP contribution in [0.4, 0.5) is 0 Å².